The van der Waals surface area contributed by atoms with E-state index in [4.69, 9.17) is 10.00 Å². The summed E-state index contributed by atoms with van der Waals surface area (Å²) in [6.07, 6.45) is 0.610. The van der Waals surface area contributed by atoms with E-state index in [-0.39, 0.29) is 18.5 Å². The van der Waals surface area contributed by atoms with Crippen LogP contribution >= 0.6 is 0 Å². The van der Waals surface area contributed by atoms with Crippen molar-refractivity contribution < 1.29 is 9.53 Å². The predicted octanol–water partition coefficient (Wildman–Crippen LogP) is 0.225. The smallest absolute Gasteiger partial charge is 0.239 e. The minimum absolute atomic E-state index is 0.00199. The Labute approximate surface area is 95.4 Å². The lowest BCUT2D eigenvalue weighted by atomic mass is 9.95. The van der Waals surface area contributed by atoms with Crippen molar-refractivity contribution in [2.75, 3.05) is 13.2 Å². The lowest BCUT2D eigenvalue weighted by Gasteiger charge is -2.32. The van der Waals surface area contributed by atoms with E-state index < -0.39 is 11.3 Å². The Balaban J connectivity index is 2.29. The summed E-state index contributed by atoms with van der Waals surface area (Å²) in [4.78, 5) is 13.8. The summed E-state index contributed by atoms with van der Waals surface area (Å²) in [7, 11) is 0. The lowest BCUT2D eigenvalue weighted by molar-refractivity contribution is -0.144. The van der Waals surface area contributed by atoms with E-state index in [1.165, 1.54) is 0 Å². The molecule has 2 saturated heterocycles. The van der Waals surface area contributed by atoms with Crippen molar-refractivity contribution >= 4 is 5.91 Å². The lowest BCUT2D eigenvalue weighted by Crippen LogP contribution is -2.48. The van der Waals surface area contributed by atoms with Gasteiger partial charge in [0.2, 0.25) is 5.91 Å². The second-order valence-electron chi connectivity index (χ2n) is 5.18. The fourth-order valence-corrected chi connectivity index (χ4v) is 2.52. The van der Waals surface area contributed by atoms with Crippen LogP contribution in [0.15, 0.2) is 0 Å². The van der Waals surface area contributed by atoms with Crippen molar-refractivity contribution in [1.82, 2.24) is 10.2 Å². The van der Waals surface area contributed by atoms with Crippen molar-refractivity contribution in [2.24, 2.45) is 0 Å². The predicted molar refractivity (Wildman–Crippen MR) is 57.3 cm³/mol. The number of hydrogen-bond acceptors (Lipinski definition) is 4. The second kappa shape index (κ2) is 3.44. The number of nitrogens with zero attached hydrogens (tertiary/aromatic N) is 2. The Morgan fingerprint density at radius 3 is 2.88 bits per heavy atom. The number of hydrogen-bond donors (Lipinski definition) is 1. The van der Waals surface area contributed by atoms with Crippen LogP contribution < -0.4 is 5.32 Å². The SMILES string of the molecule is CC1(C#N)CC2COC(C)(C)N2C(=O)CN1. The zero-order valence-corrected chi connectivity index (χ0v) is 9.91. The number of ether oxygens (including phenoxy) is 1. The molecule has 2 unspecified atom stereocenters. The summed E-state index contributed by atoms with van der Waals surface area (Å²) in [5, 5.41) is 12.1. The molecule has 5 heteroatoms. The summed E-state index contributed by atoms with van der Waals surface area (Å²) in [5.74, 6) is 0.00600. The first kappa shape index (κ1) is 11.4. The molecule has 2 rings (SSSR count). The van der Waals surface area contributed by atoms with Crippen molar-refractivity contribution in [3.63, 3.8) is 0 Å². The Hall–Kier alpha value is -1.12. The number of carbonyl (C=O) groups excluding carboxylic acids is 1. The molecule has 2 atom stereocenters. The molecule has 0 radical (unpaired) electrons. The van der Waals surface area contributed by atoms with Crippen LogP contribution in [-0.2, 0) is 9.53 Å². The van der Waals surface area contributed by atoms with Crippen molar-refractivity contribution in [2.45, 2.75) is 44.5 Å². The topological polar surface area (TPSA) is 65.4 Å². The van der Waals surface area contributed by atoms with Crippen LogP contribution in [0.25, 0.3) is 0 Å². The minimum atomic E-state index is -0.640. The molecular weight excluding hydrogens is 206 g/mol. The second-order valence-corrected chi connectivity index (χ2v) is 5.18. The van der Waals surface area contributed by atoms with Gasteiger partial charge in [0, 0.05) is 6.42 Å². The molecule has 0 spiro atoms. The van der Waals surface area contributed by atoms with Gasteiger partial charge in [-0.1, -0.05) is 0 Å². The van der Waals surface area contributed by atoms with Crippen LogP contribution in [0, 0.1) is 11.3 Å². The number of carbonyl (C=O) groups is 1. The van der Waals surface area contributed by atoms with Gasteiger partial charge in [-0.25, -0.2) is 0 Å². The van der Waals surface area contributed by atoms with Gasteiger partial charge in [-0.3, -0.25) is 10.1 Å². The molecule has 2 aliphatic rings. The van der Waals surface area contributed by atoms with Gasteiger partial charge in [0.25, 0.3) is 0 Å². The molecule has 0 aromatic rings. The number of fused-ring (bicyclic) bond motifs is 1. The molecule has 0 saturated carbocycles. The first-order valence-electron chi connectivity index (χ1n) is 5.50. The first-order valence-corrected chi connectivity index (χ1v) is 5.50. The Morgan fingerprint density at radius 2 is 2.25 bits per heavy atom. The fourth-order valence-electron chi connectivity index (χ4n) is 2.52. The summed E-state index contributed by atoms with van der Waals surface area (Å²) in [5.41, 5.74) is -1.19. The van der Waals surface area contributed by atoms with Gasteiger partial charge in [0.15, 0.2) is 0 Å². The monoisotopic (exact) mass is 223 g/mol. The van der Waals surface area contributed by atoms with Gasteiger partial charge in [0.1, 0.15) is 11.3 Å². The maximum absolute atomic E-state index is 12.0. The highest BCUT2D eigenvalue weighted by molar-refractivity contribution is 5.80. The number of nitriles is 1. The van der Waals surface area contributed by atoms with E-state index in [0.29, 0.717) is 13.0 Å². The molecular formula is C11H17N3O2. The van der Waals surface area contributed by atoms with Crippen molar-refractivity contribution in [3.8, 4) is 6.07 Å². The molecule has 88 valence electrons. The van der Waals surface area contributed by atoms with Gasteiger partial charge in [-0.15, -0.1) is 0 Å². The van der Waals surface area contributed by atoms with E-state index in [0.717, 1.165) is 0 Å². The van der Waals surface area contributed by atoms with Crippen LogP contribution in [-0.4, -0.2) is 41.3 Å². The van der Waals surface area contributed by atoms with Crippen LogP contribution in [0.1, 0.15) is 27.2 Å². The normalized spacial score (nSPS) is 37.8. The Bertz CT molecular complexity index is 361. The average molecular weight is 223 g/mol. The molecule has 2 fully saturated rings. The summed E-state index contributed by atoms with van der Waals surface area (Å²) < 4.78 is 5.62. The molecule has 1 amide bonds. The molecule has 2 aliphatic heterocycles. The highest BCUT2D eigenvalue weighted by atomic mass is 16.5. The molecule has 0 aromatic heterocycles. The van der Waals surface area contributed by atoms with Crippen molar-refractivity contribution in [3.05, 3.63) is 0 Å². The highest BCUT2D eigenvalue weighted by Crippen LogP contribution is 2.33. The molecule has 0 aromatic carbocycles. The molecule has 0 bridgehead atoms. The van der Waals surface area contributed by atoms with Gasteiger partial charge >= 0.3 is 0 Å². The fraction of sp³-hybridized carbons (Fsp3) is 0.818. The molecule has 5 nitrogen and oxygen atoms in total. The van der Waals surface area contributed by atoms with Gasteiger partial charge in [-0.05, 0) is 20.8 Å². The summed E-state index contributed by atoms with van der Waals surface area (Å²) in [6.45, 7) is 6.32. The number of nitrogens with one attached hydrogen (secondary N) is 1. The third-order valence-electron chi connectivity index (χ3n) is 3.36. The van der Waals surface area contributed by atoms with E-state index in [2.05, 4.69) is 11.4 Å². The summed E-state index contributed by atoms with van der Waals surface area (Å²) >= 11 is 0. The Morgan fingerprint density at radius 1 is 1.56 bits per heavy atom. The third-order valence-corrected chi connectivity index (χ3v) is 3.36. The largest absolute Gasteiger partial charge is 0.354 e. The molecule has 0 aliphatic carbocycles. The zero-order chi connectivity index (χ0) is 12.0. The third kappa shape index (κ3) is 1.68. The van der Waals surface area contributed by atoms with Crippen LogP contribution in [0.5, 0.6) is 0 Å². The van der Waals surface area contributed by atoms with Crippen LogP contribution in [0.4, 0.5) is 0 Å². The summed E-state index contributed by atoms with van der Waals surface area (Å²) in [6, 6.07) is 2.24. The average Bonchev–Trinajstić information content (AvgIpc) is 2.42. The van der Waals surface area contributed by atoms with Crippen LogP contribution in [0.2, 0.25) is 0 Å². The zero-order valence-electron chi connectivity index (χ0n) is 9.91. The molecule has 1 N–H and O–H groups in total. The van der Waals surface area contributed by atoms with E-state index in [9.17, 15) is 4.79 Å². The first-order chi connectivity index (χ1) is 7.38. The van der Waals surface area contributed by atoms with E-state index >= 15 is 0 Å². The van der Waals surface area contributed by atoms with Crippen molar-refractivity contribution in [1.29, 1.82) is 5.26 Å². The quantitative estimate of drug-likeness (QED) is 0.638. The van der Waals surface area contributed by atoms with Gasteiger partial charge in [-0.2, -0.15) is 5.26 Å². The number of rotatable bonds is 0. The molecule has 16 heavy (non-hydrogen) atoms. The Kier molecular flexibility index (Phi) is 2.44. The minimum Gasteiger partial charge on any atom is -0.354 e. The van der Waals surface area contributed by atoms with E-state index in [1.807, 2.05) is 20.8 Å². The van der Waals surface area contributed by atoms with Gasteiger partial charge in [0.05, 0.1) is 25.3 Å². The standard InChI is InChI=1S/C11H17N3O2/c1-10(2)14-8(6-16-10)4-11(3,7-12)13-5-9(14)15/h8,13H,4-6H2,1-3H3. The highest BCUT2D eigenvalue weighted by Gasteiger charge is 2.48. The maximum atomic E-state index is 12.0. The van der Waals surface area contributed by atoms with Gasteiger partial charge < -0.3 is 9.64 Å². The maximum Gasteiger partial charge on any atom is 0.239 e. The number of amides is 1. The molecule has 2 heterocycles. The van der Waals surface area contributed by atoms with E-state index in [1.54, 1.807) is 4.90 Å². The van der Waals surface area contributed by atoms with Crippen LogP contribution in [0.3, 0.4) is 0 Å².